The molecule has 228 valence electrons. The SMILES string of the molecule is CCC1OC(OC2C(NC(=O)OC(C)(C)C)CC(N)C(OC3OC(CO)C(O)C(N)C3O)C2O)CC(O)C1O. The van der Waals surface area contributed by atoms with E-state index in [0.29, 0.717) is 6.42 Å². The minimum Gasteiger partial charge on any atom is -0.444 e. The first kappa shape index (κ1) is 32.3. The molecular formula is C24H45N3O12. The van der Waals surface area contributed by atoms with Crippen LogP contribution in [0.15, 0.2) is 0 Å². The highest BCUT2D eigenvalue weighted by Crippen LogP contribution is 2.32. The Morgan fingerprint density at radius 2 is 1.59 bits per heavy atom. The summed E-state index contributed by atoms with van der Waals surface area (Å²) in [4.78, 5) is 12.6. The average molecular weight is 568 g/mol. The lowest BCUT2D eigenvalue weighted by Gasteiger charge is -2.48. The molecule has 0 bridgehead atoms. The fraction of sp³-hybridized carbons (Fsp3) is 0.958. The maximum absolute atomic E-state index is 12.6. The molecular weight excluding hydrogens is 522 g/mol. The number of nitrogens with one attached hydrogen (secondary N) is 1. The number of rotatable bonds is 7. The molecule has 2 saturated heterocycles. The Morgan fingerprint density at radius 1 is 0.923 bits per heavy atom. The third-order valence-electron chi connectivity index (χ3n) is 7.20. The Labute approximate surface area is 227 Å². The molecule has 2 heterocycles. The van der Waals surface area contributed by atoms with Crippen molar-refractivity contribution in [3.05, 3.63) is 0 Å². The number of nitrogens with two attached hydrogens (primary N) is 2. The highest BCUT2D eigenvalue weighted by Gasteiger charge is 2.51. The minimum atomic E-state index is -1.52. The van der Waals surface area contributed by atoms with E-state index < -0.39 is 104 Å². The number of hydrogen-bond acceptors (Lipinski definition) is 14. The molecule has 15 heteroatoms. The number of aliphatic hydroxyl groups excluding tert-OH is 6. The lowest BCUT2D eigenvalue weighted by molar-refractivity contribution is -0.318. The molecule has 39 heavy (non-hydrogen) atoms. The molecule has 14 unspecified atom stereocenters. The van der Waals surface area contributed by atoms with Crippen molar-refractivity contribution >= 4 is 6.09 Å². The molecule has 3 rings (SSSR count). The first-order chi connectivity index (χ1) is 18.2. The zero-order valence-electron chi connectivity index (χ0n) is 22.7. The summed E-state index contributed by atoms with van der Waals surface area (Å²) < 4.78 is 28.5. The molecule has 0 aromatic rings. The van der Waals surface area contributed by atoms with Crippen LogP contribution in [0.1, 0.15) is 47.0 Å². The molecule has 11 N–H and O–H groups in total. The molecule has 0 aromatic heterocycles. The van der Waals surface area contributed by atoms with Crippen LogP contribution < -0.4 is 16.8 Å². The summed E-state index contributed by atoms with van der Waals surface area (Å²) >= 11 is 0. The van der Waals surface area contributed by atoms with E-state index in [0.717, 1.165) is 0 Å². The second kappa shape index (κ2) is 13.2. The highest BCUT2D eigenvalue weighted by molar-refractivity contribution is 5.68. The molecule has 1 amide bonds. The summed E-state index contributed by atoms with van der Waals surface area (Å²) in [5.41, 5.74) is 11.4. The number of amides is 1. The summed E-state index contributed by atoms with van der Waals surface area (Å²) in [5.74, 6) is 0. The van der Waals surface area contributed by atoms with Crippen LogP contribution in [0.25, 0.3) is 0 Å². The van der Waals surface area contributed by atoms with Crippen molar-refractivity contribution in [2.24, 2.45) is 11.5 Å². The molecule has 2 aliphatic heterocycles. The van der Waals surface area contributed by atoms with Crippen molar-refractivity contribution in [3.8, 4) is 0 Å². The van der Waals surface area contributed by atoms with Gasteiger partial charge in [-0.25, -0.2) is 4.79 Å². The maximum atomic E-state index is 12.6. The van der Waals surface area contributed by atoms with Gasteiger partial charge in [0.25, 0.3) is 0 Å². The summed E-state index contributed by atoms with van der Waals surface area (Å²) in [6.07, 6.45) is -13.9. The first-order valence-corrected chi connectivity index (χ1v) is 13.3. The zero-order valence-corrected chi connectivity index (χ0v) is 22.7. The zero-order chi connectivity index (χ0) is 29.2. The van der Waals surface area contributed by atoms with E-state index in [4.69, 9.17) is 35.2 Å². The smallest absolute Gasteiger partial charge is 0.407 e. The van der Waals surface area contributed by atoms with Crippen molar-refractivity contribution in [2.45, 2.75) is 138 Å². The van der Waals surface area contributed by atoms with Gasteiger partial charge in [0.1, 0.15) is 48.3 Å². The van der Waals surface area contributed by atoms with E-state index in [1.165, 1.54) is 0 Å². The molecule has 0 radical (unpaired) electrons. The van der Waals surface area contributed by atoms with Crippen LogP contribution in [0.5, 0.6) is 0 Å². The van der Waals surface area contributed by atoms with Crippen LogP contribution in [-0.2, 0) is 23.7 Å². The quantitative estimate of drug-likeness (QED) is 0.147. The third kappa shape index (κ3) is 7.75. The van der Waals surface area contributed by atoms with Crippen LogP contribution in [0, 0.1) is 0 Å². The van der Waals surface area contributed by atoms with Gasteiger partial charge >= 0.3 is 6.09 Å². The van der Waals surface area contributed by atoms with E-state index in [1.807, 2.05) is 0 Å². The standard InChI is InChI=1S/C24H45N3O12/c1-5-12-16(30)11(29)7-14(35-12)37-21-10(27-23(34)39-24(2,3)4)6-9(25)20(19(21)33)38-22-18(32)15(26)17(31)13(8-28)36-22/h9-22,28-33H,5-8,25-26H2,1-4H3,(H,27,34). The van der Waals surface area contributed by atoms with Gasteiger partial charge in [0.15, 0.2) is 12.6 Å². The van der Waals surface area contributed by atoms with Crippen LogP contribution in [-0.4, -0.2) is 135 Å². The van der Waals surface area contributed by atoms with E-state index in [2.05, 4.69) is 5.32 Å². The molecule has 1 saturated carbocycles. The summed E-state index contributed by atoms with van der Waals surface area (Å²) in [5, 5.41) is 64.7. The van der Waals surface area contributed by atoms with Crippen LogP contribution in [0.2, 0.25) is 0 Å². The number of ether oxygens (including phenoxy) is 5. The van der Waals surface area contributed by atoms with Crippen molar-refractivity contribution in [3.63, 3.8) is 0 Å². The van der Waals surface area contributed by atoms with Gasteiger partial charge in [-0.2, -0.15) is 0 Å². The van der Waals surface area contributed by atoms with E-state index in [-0.39, 0.29) is 12.8 Å². The van der Waals surface area contributed by atoms with E-state index in [9.17, 15) is 35.4 Å². The van der Waals surface area contributed by atoms with Crippen molar-refractivity contribution in [1.29, 1.82) is 0 Å². The Hall–Kier alpha value is -1.21. The molecule has 14 atom stereocenters. The predicted octanol–water partition coefficient (Wildman–Crippen LogP) is -3.24. The fourth-order valence-electron chi connectivity index (χ4n) is 5.10. The van der Waals surface area contributed by atoms with Crippen LogP contribution >= 0.6 is 0 Å². The maximum Gasteiger partial charge on any atom is 0.407 e. The fourth-order valence-corrected chi connectivity index (χ4v) is 5.10. The first-order valence-electron chi connectivity index (χ1n) is 13.3. The minimum absolute atomic E-state index is 0.0294. The summed E-state index contributed by atoms with van der Waals surface area (Å²) in [6, 6.07) is -3.00. The summed E-state index contributed by atoms with van der Waals surface area (Å²) in [7, 11) is 0. The number of alkyl carbamates (subject to hydrolysis) is 1. The molecule has 3 fully saturated rings. The van der Waals surface area contributed by atoms with Crippen molar-refractivity contribution < 1.29 is 59.1 Å². The average Bonchev–Trinajstić information content (AvgIpc) is 2.84. The predicted molar refractivity (Wildman–Crippen MR) is 133 cm³/mol. The second-order valence-corrected chi connectivity index (χ2v) is 11.4. The number of carbonyl (C=O) groups is 1. The topological polar surface area (TPSA) is 249 Å². The Morgan fingerprint density at radius 3 is 2.18 bits per heavy atom. The lowest BCUT2D eigenvalue weighted by atomic mass is 9.83. The number of carbonyl (C=O) groups excluding carboxylic acids is 1. The highest BCUT2D eigenvalue weighted by atomic mass is 16.7. The van der Waals surface area contributed by atoms with Gasteiger partial charge in [-0.3, -0.25) is 0 Å². The molecule has 15 nitrogen and oxygen atoms in total. The van der Waals surface area contributed by atoms with Gasteiger partial charge in [0.05, 0.1) is 30.9 Å². The Bertz CT molecular complexity index is 801. The molecule has 0 aromatic carbocycles. The largest absolute Gasteiger partial charge is 0.444 e. The van der Waals surface area contributed by atoms with E-state index >= 15 is 0 Å². The Balaban J connectivity index is 1.81. The number of hydrogen-bond donors (Lipinski definition) is 9. The van der Waals surface area contributed by atoms with Gasteiger partial charge < -0.3 is 71.1 Å². The number of aliphatic hydroxyl groups is 6. The van der Waals surface area contributed by atoms with E-state index in [1.54, 1.807) is 27.7 Å². The third-order valence-corrected chi connectivity index (χ3v) is 7.20. The van der Waals surface area contributed by atoms with Crippen molar-refractivity contribution in [2.75, 3.05) is 6.61 Å². The Kier molecular flexibility index (Phi) is 10.9. The second-order valence-electron chi connectivity index (χ2n) is 11.4. The van der Waals surface area contributed by atoms with Crippen molar-refractivity contribution in [1.82, 2.24) is 5.32 Å². The monoisotopic (exact) mass is 567 g/mol. The summed E-state index contributed by atoms with van der Waals surface area (Å²) in [6.45, 7) is 6.24. The molecule has 0 spiro atoms. The van der Waals surface area contributed by atoms with Gasteiger partial charge in [0.2, 0.25) is 0 Å². The van der Waals surface area contributed by atoms with Gasteiger partial charge in [0, 0.05) is 12.5 Å². The van der Waals surface area contributed by atoms with Gasteiger partial charge in [-0.15, -0.1) is 0 Å². The lowest BCUT2D eigenvalue weighted by Crippen LogP contribution is -2.68. The normalized spacial score (nSPS) is 45.5. The van der Waals surface area contributed by atoms with Crippen LogP contribution in [0.3, 0.4) is 0 Å². The van der Waals surface area contributed by atoms with Gasteiger partial charge in [-0.1, -0.05) is 6.92 Å². The molecule has 1 aliphatic carbocycles. The van der Waals surface area contributed by atoms with Crippen LogP contribution in [0.4, 0.5) is 4.79 Å². The van der Waals surface area contributed by atoms with Gasteiger partial charge in [-0.05, 0) is 33.6 Å². The molecule has 3 aliphatic rings.